The van der Waals surface area contributed by atoms with Crippen molar-refractivity contribution in [2.45, 2.75) is 52.0 Å². The SMILES string of the molecule is CCCCCCC(C)Nc1ccnc(F)c1. The molecule has 1 atom stereocenters. The van der Waals surface area contributed by atoms with E-state index in [0.717, 1.165) is 12.1 Å². The molecule has 0 aromatic carbocycles. The van der Waals surface area contributed by atoms with Crippen molar-refractivity contribution in [1.29, 1.82) is 0 Å². The first-order valence-electron chi connectivity index (χ1n) is 6.10. The van der Waals surface area contributed by atoms with Crippen molar-refractivity contribution in [3.05, 3.63) is 24.3 Å². The number of aromatic nitrogens is 1. The molecule has 0 spiro atoms. The molecule has 1 aromatic heterocycles. The molecule has 2 nitrogen and oxygen atoms in total. The van der Waals surface area contributed by atoms with E-state index in [-0.39, 0.29) is 0 Å². The Morgan fingerprint density at radius 2 is 2.19 bits per heavy atom. The van der Waals surface area contributed by atoms with Crippen molar-refractivity contribution in [3.63, 3.8) is 0 Å². The van der Waals surface area contributed by atoms with Gasteiger partial charge in [0.05, 0.1) is 0 Å². The van der Waals surface area contributed by atoms with Gasteiger partial charge in [0.1, 0.15) is 0 Å². The molecule has 3 heteroatoms. The zero-order chi connectivity index (χ0) is 11.8. The Hall–Kier alpha value is -1.12. The summed E-state index contributed by atoms with van der Waals surface area (Å²) in [5.41, 5.74) is 0.815. The van der Waals surface area contributed by atoms with Crippen LogP contribution >= 0.6 is 0 Å². The number of anilines is 1. The van der Waals surface area contributed by atoms with E-state index in [1.54, 1.807) is 6.07 Å². The quantitative estimate of drug-likeness (QED) is 0.559. The van der Waals surface area contributed by atoms with Crippen LogP contribution in [-0.4, -0.2) is 11.0 Å². The molecule has 1 aromatic rings. The Morgan fingerprint density at radius 3 is 2.88 bits per heavy atom. The maximum absolute atomic E-state index is 12.8. The van der Waals surface area contributed by atoms with Crippen molar-refractivity contribution in [1.82, 2.24) is 4.98 Å². The molecular weight excluding hydrogens is 203 g/mol. The Morgan fingerprint density at radius 1 is 1.38 bits per heavy atom. The highest BCUT2D eigenvalue weighted by atomic mass is 19.1. The van der Waals surface area contributed by atoms with Gasteiger partial charge >= 0.3 is 0 Å². The zero-order valence-electron chi connectivity index (χ0n) is 10.2. The van der Waals surface area contributed by atoms with Gasteiger partial charge in [0, 0.05) is 24.0 Å². The first-order chi connectivity index (χ1) is 7.72. The second-order valence-corrected chi connectivity index (χ2v) is 4.26. The molecule has 1 heterocycles. The average Bonchev–Trinajstić information content (AvgIpc) is 2.24. The monoisotopic (exact) mass is 224 g/mol. The fourth-order valence-electron chi connectivity index (χ4n) is 1.73. The fraction of sp³-hybridized carbons (Fsp3) is 0.615. The molecule has 0 fully saturated rings. The third kappa shape index (κ3) is 5.10. The van der Waals surface area contributed by atoms with Crippen molar-refractivity contribution in [3.8, 4) is 0 Å². The van der Waals surface area contributed by atoms with Gasteiger partial charge in [0.15, 0.2) is 0 Å². The smallest absolute Gasteiger partial charge is 0.214 e. The number of rotatable bonds is 7. The molecule has 1 N–H and O–H groups in total. The number of unbranched alkanes of at least 4 members (excludes halogenated alkanes) is 3. The van der Waals surface area contributed by atoms with E-state index < -0.39 is 5.95 Å². The number of nitrogens with zero attached hydrogens (tertiary/aromatic N) is 1. The highest BCUT2D eigenvalue weighted by Gasteiger charge is 2.02. The lowest BCUT2D eigenvalue weighted by Gasteiger charge is -2.14. The number of pyridine rings is 1. The molecule has 90 valence electrons. The maximum atomic E-state index is 12.8. The van der Waals surface area contributed by atoms with Crippen LogP contribution in [0.5, 0.6) is 0 Å². The molecule has 0 saturated heterocycles. The Kier molecular flexibility index (Phi) is 5.83. The minimum Gasteiger partial charge on any atom is -0.382 e. The Labute approximate surface area is 97.3 Å². The summed E-state index contributed by atoms with van der Waals surface area (Å²) in [4.78, 5) is 3.53. The molecule has 16 heavy (non-hydrogen) atoms. The topological polar surface area (TPSA) is 24.9 Å². The zero-order valence-corrected chi connectivity index (χ0v) is 10.2. The van der Waals surface area contributed by atoms with Gasteiger partial charge < -0.3 is 5.32 Å². The summed E-state index contributed by atoms with van der Waals surface area (Å²) in [5, 5.41) is 3.28. The van der Waals surface area contributed by atoms with Crippen LogP contribution in [0, 0.1) is 5.95 Å². The normalized spacial score (nSPS) is 12.4. The van der Waals surface area contributed by atoms with Gasteiger partial charge in [-0.05, 0) is 19.4 Å². The Balaban J connectivity index is 2.25. The number of halogens is 1. The summed E-state index contributed by atoms with van der Waals surface area (Å²) >= 11 is 0. The van der Waals surface area contributed by atoms with Crippen LogP contribution in [0.2, 0.25) is 0 Å². The molecule has 0 saturated carbocycles. The Bertz CT molecular complexity index is 302. The largest absolute Gasteiger partial charge is 0.382 e. The van der Waals surface area contributed by atoms with Gasteiger partial charge in [-0.15, -0.1) is 0 Å². The fourth-order valence-corrected chi connectivity index (χ4v) is 1.73. The van der Waals surface area contributed by atoms with Gasteiger partial charge in [0.25, 0.3) is 0 Å². The molecule has 0 aliphatic rings. The van der Waals surface area contributed by atoms with Crippen LogP contribution in [0.25, 0.3) is 0 Å². The van der Waals surface area contributed by atoms with Crippen molar-refractivity contribution in [2.75, 3.05) is 5.32 Å². The number of hydrogen-bond acceptors (Lipinski definition) is 2. The molecule has 1 rings (SSSR count). The minimum atomic E-state index is -0.428. The third-order valence-electron chi connectivity index (χ3n) is 2.63. The van der Waals surface area contributed by atoms with E-state index in [2.05, 4.69) is 24.1 Å². The molecule has 0 radical (unpaired) electrons. The van der Waals surface area contributed by atoms with Crippen LogP contribution in [0.3, 0.4) is 0 Å². The van der Waals surface area contributed by atoms with Gasteiger partial charge in [-0.3, -0.25) is 0 Å². The summed E-state index contributed by atoms with van der Waals surface area (Å²) in [6.45, 7) is 4.34. The average molecular weight is 224 g/mol. The van der Waals surface area contributed by atoms with Crippen LogP contribution in [0.15, 0.2) is 18.3 Å². The van der Waals surface area contributed by atoms with Gasteiger partial charge in [-0.1, -0.05) is 32.6 Å². The lowest BCUT2D eigenvalue weighted by atomic mass is 10.1. The third-order valence-corrected chi connectivity index (χ3v) is 2.63. The van der Waals surface area contributed by atoms with E-state index in [4.69, 9.17) is 0 Å². The molecule has 0 aliphatic carbocycles. The lowest BCUT2D eigenvalue weighted by Crippen LogP contribution is -2.15. The summed E-state index contributed by atoms with van der Waals surface area (Å²) in [6.07, 6.45) is 7.70. The van der Waals surface area contributed by atoms with Gasteiger partial charge in [0.2, 0.25) is 5.95 Å². The van der Waals surface area contributed by atoms with Crippen molar-refractivity contribution >= 4 is 5.69 Å². The minimum absolute atomic E-state index is 0.388. The second kappa shape index (κ2) is 7.20. The molecule has 0 bridgehead atoms. The van der Waals surface area contributed by atoms with Crippen molar-refractivity contribution < 1.29 is 4.39 Å². The molecule has 0 aliphatic heterocycles. The number of hydrogen-bond donors (Lipinski definition) is 1. The highest BCUT2D eigenvalue weighted by molar-refractivity contribution is 5.41. The first-order valence-corrected chi connectivity index (χ1v) is 6.10. The predicted molar refractivity (Wildman–Crippen MR) is 66.0 cm³/mol. The molecular formula is C13H21FN2. The van der Waals surface area contributed by atoms with E-state index >= 15 is 0 Å². The lowest BCUT2D eigenvalue weighted by molar-refractivity contribution is 0.580. The summed E-state index contributed by atoms with van der Waals surface area (Å²) < 4.78 is 12.8. The summed E-state index contributed by atoms with van der Waals surface area (Å²) in [7, 11) is 0. The summed E-state index contributed by atoms with van der Waals surface area (Å²) in [5.74, 6) is -0.428. The second-order valence-electron chi connectivity index (χ2n) is 4.26. The van der Waals surface area contributed by atoms with Crippen LogP contribution in [-0.2, 0) is 0 Å². The van der Waals surface area contributed by atoms with E-state index in [1.165, 1.54) is 37.9 Å². The summed E-state index contributed by atoms with van der Waals surface area (Å²) in [6, 6.07) is 3.62. The molecule has 0 amide bonds. The first kappa shape index (κ1) is 12.9. The van der Waals surface area contributed by atoms with E-state index in [9.17, 15) is 4.39 Å². The predicted octanol–water partition coefficient (Wildman–Crippen LogP) is 3.99. The van der Waals surface area contributed by atoms with Crippen molar-refractivity contribution in [2.24, 2.45) is 0 Å². The molecule has 1 unspecified atom stereocenters. The van der Waals surface area contributed by atoms with Crippen LogP contribution in [0.4, 0.5) is 10.1 Å². The van der Waals surface area contributed by atoms with E-state index in [1.807, 2.05) is 0 Å². The number of nitrogens with one attached hydrogen (secondary N) is 1. The van der Waals surface area contributed by atoms with Crippen LogP contribution < -0.4 is 5.32 Å². The van der Waals surface area contributed by atoms with Crippen LogP contribution in [0.1, 0.15) is 46.0 Å². The maximum Gasteiger partial charge on any atom is 0.214 e. The standard InChI is InChI=1S/C13H21FN2/c1-3-4-5-6-7-11(2)16-12-8-9-15-13(14)10-12/h8-11H,3-7H2,1-2H3,(H,15,16). The van der Waals surface area contributed by atoms with Gasteiger partial charge in [-0.2, -0.15) is 4.39 Å². The van der Waals surface area contributed by atoms with E-state index in [0.29, 0.717) is 6.04 Å². The van der Waals surface area contributed by atoms with Gasteiger partial charge in [-0.25, -0.2) is 4.98 Å². The highest BCUT2D eigenvalue weighted by Crippen LogP contribution is 2.12.